The number of nitrogens with zero attached hydrogens (tertiary/aromatic N) is 1. The van der Waals surface area contributed by atoms with Crippen molar-refractivity contribution >= 4 is 11.9 Å². The van der Waals surface area contributed by atoms with Crippen molar-refractivity contribution in [3.05, 3.63) is 24.0 Å². The van der Waals surface area contributed by atoms with E-state index in [0.29, 0.717) is 18.6 Å². The van der Waals surface area contributed by atoms with Gasteiger partial charge in [0.15, 0.2) is 0 Å². The SMILES string of the molecule is CCC(CC)(NC(=O)c1ccncc1OC)C(=O)O. The summed E-state index contributed by atoms with van der Waals surface area (Å²) in [6, 6.07) is 1.49. The summed E-state index contributed by atoms with van der Waals surface area (Å²) in [7, 11) is 1.43. The molecule has 0 aliphatic heterocycles. The monoisotopic (exact) mass is 266 g/mol. The molecule has 6 nitrogen and oxygen atoms in total. The van der Waals surface area contributed by atoms with E-state index < -0.39 is 17.4 Å². The van der Waals surface area contributed by atoms with Crippen molar-refractivity contribution < 1.29 is 19.4 Å². The number of ether oxygens (including phenoxy) is 1. The lowest BCUT2D eigenvalue weighted by Crippen LogP contribution is -2.53. The van der Waals surface area contributed by atoms with Gasteiger partial charge >= 0.3 is 5.97 Å². The molecule has 0 atom stereocenters. The summed E-state index contributed by atoms with van der Waals surface area (Å²) in [5.41, 5.74) is -0.990. The number of carboxylic acid groups (broad SMARTS) is 1. The third kappa shape index (κ3) is 3.01. The largest absolute Gasteiger partial charge is 0.494 e. The predicted molar refractivity (Wildman–Crippen MR) is 69.2 cm³/mol. The van der Waals surface area contributed by atoms with E-state index in [9.17, 15) is 14.7 Å². The van der Waals surface area contributed by atoms with Crippen LogP contribution in [0.15, 0.2) is 18.5 Å². The fourth-order valence-electron chi connectivity index (χ4n) is 1.80. The maximum Gasteiger partial charge on any atom is 0.329 e. The number of aromatic nitrogens is 1. The molecule has 0 saturated carbocycles. The van der Waals surface area contributed by atoms with Gasteiger partial charge in [-0.2, -0.15) is 0 Å². The van der Waals surface area contributed by atoms with Crippen molar-refractivity contribution in [3.8, 4) is 5.75 Å². The summed E-state index contributed by atoms with van der Waals surface area (Å²) in [6.07, 6.45) is 3.48. The standard InChI is InChI=1S/C13H18N2O4/c1-4-13(5-2,12(17)18)15-11(16)9-6-7-14-8-10(9)19-3/h6-8H,4-5H2,1-3H3,(H,15,16)(H,17,18). The smallest absolute Gasteiger partial charge is 0.329 e. The van der Waals surface area contributed by atoms with Crippen LogP contribution in [0, 0.1) is 0 Å². The van der Waals surface area contributed by atoms with Crippen LogP contribution in [-0.4, -0.2) is 34.6 Å². The van der Waals surface area contributed by atoms with E-state index in [1.54, 1.807) is 13.8 Å². The minimum Gasteiger partial charge on any atom is -0.494 e. The van der Waals surface area contributed by atoms with Gasteiger partial charge in [0.05, 0.1) is 18.9 Å². The number of nitrogens with one attached hydrogen (secondary N) is 1. The maximum atomic E-state index is 12.2. The molecule has 1 rings (SSSR count). The number of hydrogen-bond donors (Lipinski definition) is 2. The summed E-state index contributed by atoms with van der Waals surface area (Å²) in [5.74, 6) is -1.21. The molecular formula is C13H18N2O4. The van der Waals surface area contributed by atoms with Gasteiger partial charge < -0.3 is 15.2 Å². The number of pyridine rings is 1. The number of carboxylic acids is 1. The minimum atomic E-state index is -1.26. The molecule has 1 heterocycles. The number of rotatable bonds is 6. The first-order valence-corrected chi connectivity index (χ1v) is 6.04. The molecule has 0 spiro atoms. The second kappa shape index (κ2) is 6.17. The normalized spacial score (nSPS) is 10.9. The first-order chi connectivity index (χ1) is 9.00. The number of hydrogen-bond acceptors (Lipinski definition) is 4. The molecule has 19 heavy (non-hydrogen) atoms. The van der Waals surface area contributed by atoms with Gasteiger partial charge in [0, 0.05) is 6.20 Å². The van der Waals surface area contributed by atoms with Crippen LogP contribution in [0.1, 0.15) is 37.0 Å². The van der Waals surface area contributed by atoms with Crippen molar-refractivity contribution in [1.82, 2.24) is 10.3 Å². The highest BCUT2D eigenvalue weighted by atomic mass is 16.5. The molecule has 1 amide bonds. The van der Waals surface area contributed by atoms with E-state index in [0.717, 1.165) is 0 Å². The molecule has 1 aromatic rings. The fraction of sp³-hybridized carbons (Fsp3) is 0.462. The molecule has 2 N–H and O–H groups in total. The Bertz CT molecular complexity index is 469. The Morgan fingerprint density at radius 2 is 2.05 bits per heavy atom. The highest BCUT2D eigenvalue weighted by molar-refractivity contribution is 5.99. The average Bonchev–Trinajstić information content (AvgIpc) is 2.44. The fourth-order valence-corrected chi connectivity index (χ4v) is 1.80. The average molecular weight is 266 g/mol. The van der Waals surface area contributed by atoms with Gasteiger partial charge in [-0.1, -0.05) is 13.8 Å². The molecule has 0 unspecified atom stereocenters. The lowest BCUT2D eigenvalue weighted by atomic mass is 9.92. The molecule has 0 fully saturated rings. The zero-order chi connectivity index (χ0) is 14.5. The van der Waals surface area contributed by atoms with Crippen molar-refractivity contribution in [3.63, 3.8) is 0 Å². The van der Waals surface area contributed by atoms with E-state index in [2.05, 4.69) is 10.3 Å². The molecule has 0 radical (unpaired) electrons. The van der Waals surface area contributed by atoms with Crippen LogP contribution in [0.5, 0.6) is 5.75 Å². The highest BCUT2D eigenvalue weighted by Crippen LogP contribution is 2.20. The third-order valence-electron chi connectivity index (χ3n) is 3.22. The Kier molecular flexibility index (Phi) is 4.86. The Morgan fingerprint density at radius 3 is 2.53 bits per heavy atom. The van der Waals surface area contributed by atoms with Crippen molar-refractivity contribution in [1.29, 1.82) is 0 Å². The number of carbonyl (C=O) groups is 2. The van der Waals surface area contributed by atoms with Crippen molar-refractivity contribution in [2.24, 2.45) is 0 Å². The van der Waals surface area contributed by atoms with Gasteiger partial charge in [0.25, 0.3) is 5.91 Å². The summed E-state index contributed by atoms with van der Waals surface area (Å²) in [4.78, 5) is 27.4. The molecule has 104 valence electrons. The molecule has 6 heteroatoms. The zero-order valence-corrected chi connectivity index (χ0v) is 11.3. The second-order valence-electron chi connectivity index (χ2n) is 4.12. The van der Waals surface area contributed by atoms with Crippen LogP contribution in [0.2, 0.25) is 0 Å². The zero-order valence-electron chi connectivity index (χ0n) is 11.3. The Labute approximate surface area is 111 Å². The molecule has 0 saturated heterocycles. The van der Waals surface area contributed by atoms with Crippen LogP contribution < -0.4 is 10.1 Å². The molecule has 0 aliphatic carbocycles. The topological polar surface area (TPSA) is 88.5 Å². The Hall–Kier alpha value is -2.11. The lowest BCUT2D eigenvalue weighted by molar-refractivity contribution is -0.144. The molecular weight excluding hydrogens is 248 g/mol. The number of methoxy groups -OCH3 is 1. The first kappa shape index (κ1) is 14.9. The van der Waals surface area contributed by atoms with Gasteiger partial charge in [-0.15, -0.1) is 0 Å². The van der Waals surface area contributed by atoms with Gasteiger partial charge in [0.1, 0.15) is 11.3 Å². The van der Waals surface area contributed by atoms with E-state index >= 15 is 0 Å². The van der Waals surface area contributed by atoms with Crippen molar-refractivity contribution in [2.45, 2.75) is 32.2 Å². The van der Waals surface area contributed by atoms with Crippen LogP contribution in [0.3, 0.4) is 0 Å². The summed E-state index contributed by atoms with van der Waals surface area (Å²) in [6.45, 7) is 3.45. The Morgan fingerprint density at radius 1 is 1.42 bits per heavy atom. The quantitative estimate of drug-likeness (QED) is 0.813. The van der Waals surface area contributed by atoms with Gasteiger partial charge in [0.2, 0.25) is 0 Å². The van der Waals surface area contributed by atoms with Crippen molar-refractivity contribution in [2.75, 3.05) is 7.11 Å². The Balaban J connectivity index is 3.04. The highest BCUT2D eigenvalue weighted by Gasteiger charge is 2.37. The maximum absolute atomic E-state index is 12.2. The second-order valence-corrected chi connectivity index (χ2v) is 4.12. The predicted octanol–water partition coefficient (Wildman–Crippen LogP) is 1.46. The third-order valence-corrected chi connectivity index (χ3v) is 3.22. The van der Waals surface area contributed by atoms with Gasteiger partial charge in [-0.05, 0) is 18.9 Å². The molecule has 0 aromatic carbocycles. The van der Waals surface area contributed by atoms with Gasteiger partial charge in [-0.25, -0.2) is 4.79 Å². The van der Waals surface area contributed by atoms with Gasteiger partial charge in [-0.3, -0.25) is 9.78 Å². The van der Waals surface area contributed by atoms with E-state index in [1.165, 1.54) is 25.6 Å². The number of carbonyl (C=O) groups excluding carboxylic acids is 1. The van der Waals surface area contributed by atoms with E-state index in [-0.39, 0.29) is 5.56 Å². The number of aliphatic carboxylic acids is 1. The molecule has 0 bridgehead atoms. The lowest BCUT2D eigenvalue weighted by Gasteiger charge is -2.28. The first-order valence-electron chi connectivity index (χ1n) is 6.04. The van der Waals surface area contributed by atoms with Crippen LogP contribution >= 0.6 is 0 Å². The number of amides is 1. The molecule has 0 aliphatic rings. The summed E-state index contributed by atoms with van der Waals surface area (Å²) in [5, 5.41) is 11.9. The van der Waals surface area contributed by atoms with Crippen LogP contribution in [0.25, 0.3) is 0 Å². The van der Waals surface area contributed by atoms with E-state index in [4.69, 9.17) is 4.74 Å². The van der Waals surface area contributed by atoms with Crippen LogP contribution in [-0.2, 0) is 4.79 Å². The van der Waals surface area contributed by atoms with E-state index in [1.807, 2.05) is 0 Å². The summed E-state index contributed by atoms with van der Waals surface area (Å²) < 4.78 is 5.04. The summed E-state index contributed by atoms with van der Waals surface area (Å²) >= 11 is 0. The molecule has 1 aromatic heterocycles. The van der Waals surface area contributed by atoms with Crippen LogP contribution in [0.4, 0.5) is 0 Å². The minimum absolute atomic E-state index is 0.269.